The average molecular weight is 295 g/mol. The quantitative estimate of drug-likeness (QED) is 0.830. The lowest BCUT2D eigenvalue weighted by molar-refractivity contribution is -0.0498. The van der Waals surface area contributed by atoms with Crippen molar-refractivity contribution in [2.45, 2.75) is 6.61 Å². The molecule has 2 aromatic rings. The number of pyridine rings is 1. The predicted octanol–water partition coefficient (Wildman–Crippen LogP) is 3.06. The number of aromatic nitrogens is 1. The summed E-state index contributed by atoms with van der Waals surface area (Å²) in [5.41, 5.74) is 7.45. The maximum Gasteiger partial charge on any atom is 0.387 e. The number of hydrogen-bond donors (Lipinski definition) is 2. The minimum absolute atomic E-state index is 0.101. The number of thiocarbonyl (C=S) groups is 1. The Morgan fingerprint density at radius 2 is 1.90 bits per heavy atom. The number of benzene rings is 1. The molecule has 20 heavy (non-hydrogen) atoms. The van der Waals surface area contributed by atoms with Gasteiger partial charge in [0.15, 0.2) is 0 Å². The van der Waals surface area contributed by atoms with Crippen LogP contribution in [0.3, 0.4) is 0 Å². The monoisotopic (exact) mass is 295 g/mol. The van der Waals surface area contributed by atoms with E-state index in [1.807, 2.05) is 0 Å². The second-order valence-electron chi connectivity index (χ2n) is 3.82. The van der Waals surface area contributed by atoms with Gasteiger partial charge in [-0.25, -0.2) is 0 Å². The Balaban J connectivity index is 2.10. The van der Waals surface area contributed by atoms with Crippen LogP contribution in [-0.4, -0.2) is 16.6 Å². The number of anilines is 2. The molecule has 2 rings (SSSR count). The molecule has 1 heterocycles. The Hall–Kier alpha value is -2.28. The van der Waals surface area contributed by atoms with Crippen molar-refractivity contribution in [1.29, 1.82) is 0 Å². The summed E-state index contributed by atoms with van der Waals surface area (Å²) < 4.78 is 28.3. The van der Waals surface area contributed by atoms with Gasteiger partial charge in [0.05, 0.1) is 5.69 Å². The van der Waals surface area contributed by atoms with Crippen LogP contribution < -0.4 is 15.8 Å². The van der Waals surface area contributed by atoms with Gasteiger partial charge in [-0.1, -0.05) is 12.2 Å². The van der Waals surface area contributed by atoms with Crippen LogP contribution in [0.25, 0.3) is 0 Å². The molecule has 0 saturated heterocycles. The molecule has 0 saturated carbocycles. The molecule has 0 amide bonds. The number of nitrogens with zero attached hydrogens (tertiary/aromatic N) is 1. The van der Waals surface area contributed by atoms with E-state index in [0.717, 1.165) is 5.69 Å². The highest BCUT2D eigenvalue weighted by Crippen LogP contribution is 2.21. The lowest BCUT2D eigenvalue weighted by Gasteiger charge is -2.09. The van der Waals surface area contributed by atoms with E-state index in [9.17, 15) is 8.78 Å². The van der Waals surface area contributed by atoms with Crippen molar-refractivity contribution in [3.8, 4) is 5.75 Å². The molecule has 1 aromatic carbocycles. The first kappa shape index (κ1) is 14.1. The van der Waals surface area contributed by atoms with Gasteiger partial charge in [-0.3, -0.25) is 4.98 Å². The number of hydrogen-bond acceptors (Lipinski definition) is 4. The van der Waals surface area contributed by atoms with Crippen molar-refractivity contribution in [1.82, 2.24) is 4.98 Å². The first-order valence-electron chi connectivity index (χ1n) is 5.62. The van der Waals surface area contributed by atoms with Crippen molar-refractivity contribution >= 4 is 28.6 Å². The highest BCUT2D eigenvalue weighted by Gasteiger charge is 2.04. The largest absolute Gasteiger partial charge is 0.435 e. The molecule has 104 valence electrons. The molecule has 3 N–H and O–H groups in total. The smallest absolute Gasteiger partial charge is 0.387 e. The van der Waals surface area contributed by atoms with Crippen LogP contribution >= 0.6 is 12.2 Å². The molecule has 0 spiro atoms. The number of ether oxygens (including phenoxy) is 1. The maximum atomic E-state index is 12.0. The van der Waals surface area contributed by atoms with Crippen LogP contribution in [0.15, 0.2) is 42.6 Å². The van der Waals surface area contributed by atoms with Gasteiger partial charge in [0.1, 0.15) is 10.7 Å². The first-order chi connectivity index (χ1) is 9.54. The molecule has 4 nitrogen and oxygen atoms in total. The summed E-state index contributed by atoms with van der Waals surface area (Å²) in [5, 5.41) is 3.08. The molecule has 0 bridgehead atoms. The van der Waals surface area contributed by atoms with Gasteiger partial charge in [0.2, 0.25) is 0 Å². The van der Waals surface area contributed by atoms with Gasteiger partial charge in [0.25, 0.3) is 0 Å². The van der Waals surface area contributed by atoms with E-state index in [0.29, 0.717) is 11.4 Å². The minimum Gasteiger partial charge on any atom is -0.435 e. The van der Waals surface area contributed by atoms with E-state index < -0.39 is 6.61 Å². The fourth-order valence-corrected chi connectivity index (χ4v) is 1.64. The van der Waals surface area contributed by atoms with Gasteiger partial charge >= 0.3 is 6.61 Å². The number of nitrogens with two attached hydrogens (primary N) is 1. The van der Waals surface area contributed by atoms with Crippen LogP contribution in [0, 0.1) is 0 Å². The second-order valence-corrected chi connectivity index (χ2v) is 4.26. The van der Waals surface area contributed by atoms with Gasteiger partial charge in [-0.15, -0.1) is 0 Å². The number of nitrogens with one attached hydrogen (secondary N) is 1. The van der Waals surface area contributed by atoms with Gasteiger partial charge in [-0.05, 0) is 36.4 Å². The Bertz CT molecular complexity index is 605. The summed E-state index contributed by atoms with van der Waals surface area (Å²) in [6, 6.07) is 9.59. The topological polar surface area (TPSA) is 60.2 Å². The summed E-state index contributed by atoms with van der Waals surface area (Å²) in [6.07, 6.45) is 1.57. The third-order valence-electron chi connectivity index (χ3n) is 2.38. The maximum absolute atomic E-state index is 12.0. The zero-order valence-electron chi connectivity index (χ0n) is 10.2. The highest BCUT2D eigenvalue weighted by atomic mass is 32.1. The highest BCUT2D eigenvalue weighted by molar-refractivity contribution is 7.80. The molecular formula is C13H11F2N3OS. The Morgan fingerprint density at radius 1 is 1.20 bits per heavy atom. The van der Waals surface area contributed by atoms with Crippen molar-refractivity contribution in [2.24, 2.45) is 5.73 Å². The van der Waals surface area contributed by atoms with E-state index in [1.54, 1.807) is 30.5 Å². The molecule has 0 aliphatic rings. The number of halogens is 2. The molecule has 0 radical (unpaired) electrons. The van der Waals surface area contributed by atoms with E-state index in [4.69, 9.17) is 18.0 Å². The van der Waals surface area contributed by atoms with Crippen LogP contribution in [0.4, 0.5) is 20.2 Å². The Labute approximate surface area is 119 Å². The summed E-state index contributed by atoms with van der Waals surface area (Å²) in [5.74, 6) is 0.101. The fraction of sp³-hybridized carbons (Fsp3) is 0.0769. The lowest BCUT2D eigenvalue weighted by Crippen LogP contribution is -2.11. The first-order valence-corrected chi connectivity index (χ1v) is 6.03. The van der Waals surface area contributed by atoms with Gasteiger partial charge < -0.3 is 15.8 Å². The van der Waals surface area contributed by atoms with E-state index in [-0.39, 0.29) is 10.7 Å². The van der Waals surface area contributed by atoms with E-state index in [1.165, 1.54) is 12.1 Å². The summed E-state index contributed by atoms with van der Waals surface area (Å²) in [7, 11) is 0. The van der Waals surface area contributed by atoms with Crippen LogP contribution in [0.5, 0.6) is 5.75 Å². The van der Waals surface area contributed by atoms with Crippen molar-refractivity contribution in [2.75, 3.05) is 5.32 Å². The van der Waals surface area contributed by atoms with Crippen molar-refractivity contribution in [3.63, 3.8) is 0 Å². The summed E-state index contributed by atoms with van der Waals surface area (Å²) in [6.45, 7) is -2.83. The summed E-state index contributed by atoms with van der Waals surface area (Å²) in [4.78, 5) is 4.22. The van der Waals surface area contributed by atoms with E-state index in [2.05, 4.69) is 15.0 Å². The van der Waals surface area contributed by atoms with Crippen molar-refractivity contribution < 1.29 is 13.5 Å². The number of alkyl halides is 2. The van der Waals surface area contributed by atoms with Gasteiger partial charge in [-0.2, -0.15) is 8.78 Å². The SMILES string of the molecule is NC(=S)c1cc(Nc2ccc(OC(F)F)cc2)ccn1. The van der Waals surface area contributed by atoms with Crippen LogP contribution in [0.2, 0.25) is 0 Å². The third kappa shape index (κ3) is 3.86. The molecule has 0 fully saturated rings. The normalized spacial score (nSPS) is 10.3. The molecule has 0 unspecified atom stereocenters. The predicted molar refractivity (Wildman–Crippen MR) is 76.5 cm³/mol. The average Bonchev–Trinajstić information content (AvgIpc) is 2.41. The third-order valence-corrected chi connectivity index (χ3v) is 2.59. The Kier molecular flexibility index (Phi) is 4.41. The van der Waals surface area contributed by atoms with Gasteiger partial charge in [0, 0.05) is 17.6 Å². The minimum atomic E-state index is -2.83. The molecular weight excluding hydrogens is 284 g/mol. The van der Waals surface area contributed by atoms with Crippen LogP contribution in [-0.2, 0) is 0 Å². The van der Waals surface area contributed by atoms with Crippen LogP contribution in [0.1, 0.15) is 5.69 Å². The molecule has 1 aromatic heterocycles. The fourth-order valence-electron chi connectivity index (χ4n) is 1.53. The Morgan fingerprint density at radius 3 is 2.50 bits per heavy atom. The molecule has 0 aliphatic carbocycles. The lowest BCUT2D eigenvalue weighted by atomic mass is 10.2. The molecule has 0 aliphatic heterocycles. The zero-order valence-corrected chi connectivity index (χ0v) is 11.0. The zero-order chi connectivity index (χ0) is 14.5. The van der Waals surface area contributed by atoms with E-state index >= 15 is 0 Å². The summed E-state index contributed by atoms with van der Waals surface area (Å²) >= 11 is 4.84. The molecule has 0 atom stereocenters. The standard InChI is InChI=1S/C13H11F2N3OS/c14-13(15)19-10-3-1-8(2-4-10)18-9-5-6-17-11(7-9)12(16)20/h1-7,13H,(H2,16,20)(H,17,18). The second kappa shape index (κ2) is 6.25. The van der Waals surface area contributed by atoms with Crippen molar-refractivity contribution in [3.05, 3.63) is 48.3 Å². The molecule has 7 heteroatoms. The number of rotatable bonds is 5.